The second kappa shape index (κ2) is 5.06. The molecule has 18 heavy (non-hydrogen) atoms. The Balaban J connectivity index is 2.32. The average molecular weight is 247 g/mol. The molecule has 0 bridgehead atoms. The van der Waals surface area contributed by atoms with Gasteiger partial charge in [0.1, 0.15) is 5.75 Å². The van der Waals surface area contributed by atoms with Crippen molar-refractivity contribution in [3.8, 4) is 11.6 Å². The summed E-state index contributed by atoms with van der Waals surface area (Å²) in [6.07, 6.45) is 3.05. The Hall–Kier alpha value is -2.74. The summed E-state index contributed by atoms with van der Waals surface area (Å²) < 4.78 is 5.34. The molecule has 0 radical (unpaired) electrons. The van der Waals surface area contributed by atoms with Crippen LogP contribution < -0.4 is 16.0 Å². The number of nitrogen functional groups attached to an aromatic ring is 1. The number of hydrogen-bond acceptors (Lipinski definition) is 7. The van der Waals surface area contributed by atoms with Gasteiger partial charge in [-0.15, -0.1) is 0 Å². The number of hydrazine groups is 1. The molecule has 2 rings (SSSR count). The van der Waals surface area contributed by atoms with Crippen LogP contribution in [0.3, 0.4) is 0 Å². The van der Waals surface area contributed by atoms with Crippen molar-refractivity contribution in [3.05, 3.63) is 46.8 Å². The second-order valence-corrected chi connectivity index (χ2v) is 3.24. The summed E-state index contributed by atoms with van der Waals surface area (Å²) in [5, 5.41) is 10.7. The van der Waals surface area contributed by atoms with E-state index in [2.05, 4.69) is 15.4 Å². The molecule has 0 saturated carbocycles. The van der Waals surface area contributed by atoms with Crippen LogP contribution in [0.15, 0.2) is 36.7 Å². The topological polar surface area (TPSA) is 116 Å². The zero-order chi connectivity index (χ0) is 13.0. The normalized spacial score (nSPS) is 9.83. The van der Waals surface area contributed by atoms with Crippen LogP contribution >= 0.6 is 0 Å². The summed E-state index contributed by atoms with van der Waals surface area (Å²) in [6.45, 7) is 0. The van der Waals surface area contributed by atoms with Crippen molar-refractivity contribution in [1.82, 2.24) is 9.97 Å². The predicted molar refractivity (Wildman–Crippen MR) is 63.0 cm³/mol. The van der Waals surface area contributed by atoms with Crippen LogP contribution in [0.25, 0.3) is 0 Å². The van der Waals surface area contributed by atoms with E-state index in [9.17, 15) is 10.1 Å². The predicted octanol–water partition coefficient (Wildman–Crippen LogP) is 1.46. The van der Waals surface area contributed by atoms with Gasteiger partial charge in [0.2, 0.25) is 5.88 Å². The fourth-order valence-corrected chi connectivity index (χ4v) is 1.25. The Bertz CT molecular complexity index is 561. The molecule has 0 aliphatic carbocycles. The number of nitrogens with one attached hydrogen (secondary N) is 1. The van der Waals surface area contributed by atoms with Gasteiger partial charge >= 0.3 is 0 Å². The van der Waals surface area contributed by atoms with Gasteiger partial charge in [0.15, 0.2) is 5.82 Å². The first-order chi connectivity index (χ1) is 8.69. The summed E-state index contributed by atoms with van der Waals surface area (Å²) in [5.41, 5.74) is 2.07. The van der Waals surface area contributed by atoms with Gasteiger partial charge in [-0.1, -0.05) is 0 Å². The van der Waals surface area contributed by atoms with Crippen molar-refractivity contribution in [2.45, 2.75) is 0 Å². The first-order valence-electron chi connectivity index (χ1n) is 4.90. The monoisotopic (exact) mass is 247 g/mol. The molecule has 0 aliphatic heterocycles. The highest BCUT2D eigenvalue weighted by molar-refractivity contribution is 5.48. The van der Waals surface area contributed by atoms with Gasteiger partial charge in [-0.25, -0.2) is 5.84 Å². The number of hydrogen-bond donors (Lipinski definition) is 2. The van der Waals surface area contributed by atoms with Crippen LogP contribution in [0.1, 0.15) is 0 Å². The Kier molecular flexibility index (Phi) is 3.30. The molecule has 3 N–H and O–H groups in total. The maximum Gasteiger partial charge on any atom is 0.278 e. The molecule has 92 valence electrons. The number of anilines is 1. The molecule has 0 unspecified atom stereocenters. The van der Waals surface area contributed by atoms with Crippen molar-refractivity contribution in [1.29, 1.82) is 0 Å². The molecule has 0 atom stereocenters. The van der Waals surface area contributed by atoms with E-state index in [-0.39, 0.29) is 17.4 Å². The van der Waals surface area contributed by atoms with Gasteiger partial charge in [-0.2, -0.15) is 4.98 Å². The highest BCUT2D eigenvalue weighted by Crippen LogP contribution is 2.25. The molecule has 0 amide bonds. The minimum atomic E-state index is -0.557. The van der Waals surface area contributed by atoms with Crippen LogP contribution in [0.5, 0.6) is 11.6 Å². The smallest absolute Gasteiger partial charge is 0.278 e. The number of nitrogens with two attached hydrogens (primary N) is 1. The quantitative estimate of drug-likeness (QED) is 0.477. The van der Waals surface area contributed by atoms with Gasteiger partial charge < -0.3 is 10.2 Å². The molecular formula is C10H9N5O3. The Labute approximate surface area is 102 Å². The van der Waals surface area contributed by atoms with E-state index < -0.39 is 4.92 Å². The molecule has 8 heteroatoms. The van der Waals surface area contributed by atoms with Crippen molar-refractivity contribution < 1.29 is 9.66 Å². The van der Waals surface area contributed by atoms with Crippen LogP contribution in [-0.4, -0.2) is 14.9 Å². The highest BCUT2D eigenvalue weighted by atomic mass is 16.6. The van der Waals surface area contributed by atoms with E-state index in [1.807, 2.05) is 0 Å². The lowest BCUT2D eigenvalue weighted by atomic mass is 10.4. The van der Waals surface area contributed by atoms with Gasteiger partial charge in [0.25, 0.3) is 5.69 Å². The van der Waals surface area contributed by atoms with E-state index in [4.69, 9.17) is 10.6 Å². The lowest BCUT2D eigenvalue weighted by Gasteiger charge is -2.05. The lowest BCUT2D eigenvalue weighted by Crippen LogP contribution is -2.09. The third-order valence-electron chi connectivity index (χ3n) is 2.00. The summed E-state index contributed by atoms with van der Waals surface area (Å²) in [4.78, 5) is 18.0. The van der Waals surface area contributed by atoms with E-state index in [1.54, 1.807) is 18.3 Å². The van der Waals surface area contributed by atoms with Gasteiger partial charge in [-0.05, 0) is 12.1 Å². The number of nitro groups is 1. The number of nitrogens with zero attached hydrogens (tertiary/aromatic N) is 3. The third kappa shape index (κ3) is 2.68. The zero-order valence-corrected chi connectivity index (χ0v) is 9.11. The van der Waals surface area contributed by atoms with Crippen molar-refractivity contribution in [3.63, 3.8) is 0 Å². The van der Waals surface area contributed by atoms with Gasteiger partial charge in [0.05, 0.1) is 23.3 Å². The van der Waals surface area contributed by atoms with Crippen molar-refractivity contribution in [2.75, 3.05) is 5.43 Å². The summed E-state index contributed by atoms with van der Waals surface area (Å²) in [7, 11) is 0. The highest BCUT2D eigenvalue weighted by Gasteiger charge is 2.12. The third-order valence-corrected chi connectivity index (χ3v) is 2.00. The molecule has 0 fully saturated rings. The SMILES string of the molecule is NNc1cc([N+](=O)[O-])cc(Oc2cccnc2)n1. The van der Waals surface area contributed by atoms with Crippen LogP contribution in [-0.2, 0) is 0 Å². The number of aromatic nitrogens is 2. The molecule has 0 spiro atoms. The molecule has 0 saturated heterocycles. The maximum absolute atomic E-state index is 10.7. The number of pyridine rings is 2. The van der Waals surface area contributed by atoms with Gasteiger partial charge in [-0.3, -0.25) is 15.1 Å². The molecule has 0 aliphatic rings. The first kappa shape index (κ1) is 11.7. The molecule has 0 aromatic carbocycles. The maximum atomic E-state index is 10.7. The van der Waals surface area contributed by atoms with Crippen LogP contribution in [0.2, 0.25) is 0 Å². The number of ether oxygens (including phenoxy) is 1. The molecular weight excluding hydrogens is 238 g/mol. The van der Waals surface area contributed by atoms with E-state index in [0.717, 1.165) is 0 Å². The molecule has 8 nitrogen and oxygen atoms in total. The minimum absolute atomic E-state index is 0.0603. The molecule has 2 heterocycles. The van der Waals surface area contributed by atoms with Crippen molar-refractivity contribution in [2.24, 2.45) is 5.84 Å². The molecule has 2 aromatic rings. The Morgan fingerprint density at radius 1 is 1.44 bits per heavy atom. The Morgan fingerprint density at radius 2 is 2.28 bits per heavy atom. The van der Waals surface area contributed by atoms with Gasteiger partial charge in [0, 0.05) is 6.20 Å². The van der Waals surface area contributed by atoms with Crippen molar-refractivity contribution >= 4 is 11.5 Å². The fraction of sp³-hybridized carbons (Fsp3) is 0. The van der Waals surface area contributed by atoms with E-state index in [1.165, 1.54) is 18.3 Å². The van der Waals surface area contributed by atoms with Crippen LogP contribution in [0, 0.1) is 10.1 Å². The average Bonchev–Trinajstić information content (AvgIpc) is 2.39. The Morgan fingerprint density at radius 3 is 2.89 bits per heavy atom. The first-order valence-corrected chi connectivity index (χ1v) is 4.90. The summed E-state index contributed by atoms with van der Waals surface area (Å²) >= 11 is 0. The molecule has 2 aromatic heterocycles. The standard InChI is InChI=1S/C10H9N5O3/c11-14-9-4-7(15(16)17)5-10(13-9)18-8-2-1-3-12-6-8/h1-6H,11H2,(H,13,14). The minimum Gasteiger partial charge on any atom is -0.437 e. The van der Waals surface area contributed by atoms with E-state index >= 15 is 0 Å². The second-order valence-electron chi connectivity index (χ2n) is 3.24. The lowest BCUT2D eigenvalue weighted by molar-refractivity contribution is -0.384. The van der Waals surface area contributed by atoms with E-state index in [0.29, 0.717) is 5.75 Å². The van der Waals surface area contributed by atoms with Crippen LogP contribution in [0.4, 0.5) is 11.5 Å². The summed E-state index contributed by atoms with van der Waals surface area (Å²) in [5.74, 6) is 5.80. The largest absolute Gasteiger partial charge is 0.437 e. The summed E-state index contributed by atoms with van der Waals surface area (Å²) in [6, 6.07) is 5.74. The zero-order valence-electron chi connectivity index (χ0n) is 9.11. The number of rotatable bonds is 4. The fourth-order valence-electron chi connectivity index (χ4n) is 1.25.